The van der Waals surface area contributed by atoms with Crippen LogP contribution in [-0.2, 0) is 13.6 Å². The lowest BCUT2D eigenvalue weighted by Crippen LogP contribution is -2.17. The minimum absolute atomic E-state index is 0.608. The van der Waals surface area contributed by atoms with Gasteiger partial charge in [-0.1, -0.05) is 6.07 Å². The fourth-order valence-electron chi connectivity index (χ4n) is 1.45. The van der Waals surface area contributed by atoms with Crippen molar-refractivity contribution in [2.24, 2.45) is 7.05 Å². The van der Waals surface area contributed by atoms with Crippen molar-refractivity contribution >= 4 is 11.4 Å². The number of aryl methyl sites for hydroxylation is 1. The summed E-state index contributed by atoms with van der Waals surface area (Å²) in [6.45, 7) is 0.608. The van der Waals surface area contributed by atoms with E-state index in [1.807, 2.05) is 36.2 Å². The molecular weight excluding hydrogens is 204 g/mol. The van der Waals surface area contributed by atoms with Gasteiger partial charge in [-0.05, 0) is 23.4 Å². The minimum Gasteiger partial charge on any atom is -0.399 e. The van der Waals surface area contributed by atoms with E-state index in [4.69, 9.17) is 5.73 Å². The Morgan fingerprint density at radius 1 is 1.44 bits per heavy atom. The molecule has 0 aliphatic carbocycles. The average molecular weight is 218 g/mol. The van der Waals surface area contributed by atoms with Crippen molar-refractivity contribution in [3.8, 4) is 0 Å². The zero-order valence-corrected chi connectivity index (χ0v) is 9.33. The van der Waals surface area contributed by atoms with E-state index in [0.717, 1.165) is 11.4 Å². The molecule has 1 heterocycles. The van der Waals surface area contributed by atoms with Crippen molar-refractivity contribution < 1.29 is 0 Å². The molecule has 6 nitrogen and oxygen atoms in total. The molecule has 0 radical (unpaired) electrons. The number of hydrogen-bond donors (Lipinski definition) is 1. The van der Waals surface area contributed by atoms with Gasteiger partial charge in [0.15, 0.2) is 5.82 Å². The van der Waals surface area contributed by atoms with Gasteiger partial charge in [0, 0.05) is 18.4 Å². The van der Waals surface area contributed by atoms with Crippen LogP contribution in [0.3, 0.4) is 0 Å². The Morgan fingerprint density at radius 3 is 2.88 bits per heavy atom. The first kappa shape index (κ1) is 10.4. The van der Waals surface area contributed by atoms with E-state index in [0.29, 0.717) is 12.4 Å². The van der Waals surface area contributed by atoms with Crippen LogP contribution in [0.1, 0.15) is 5.82 Å². The number of rotatable bonds is 3. The van der Waals surface area contributed by atoms with E-state index in [1.165, 1.54) is 4.80 Å². The zero-order chi connectivity index (χ0) is 11.5. The summed E-state index contributed by atoms with van der Waals surface area (Å²) in [4.78, 5) is 3.47. The van der Waals surface area contributed by atoms with E-state index >= 15 is 0 Å². The van der Waals surface area contributed by atoms with Crippen LogP contribution in [0, 0.1) is 0 Å². The maximum absolute atomic E-state index is 5.72. The summed E-state index contributed by atoms with van der Waals surface area (Å²) < 4.78 is 0. The van der Waals surface area contributed by atoms with Crippen molar-refractivity contribution in [1.82, 2.24) is 20.2 Å². The van der Waals surface area contributed by atoms with Crippen LogP contribution in [0.25, 0.3) is 0 Å². The molecule has 0 aliphatic rings. The Labute approximate surface area is 93.7 Å². The molecule has 2 rings (SSSR count). The molecule has 0 bridgehead atoms. The third-order valence-corrected chi connectivity index (χ3v) is 2.24. The molecule has 0 atom stereocenters. The van der Waals surface area contributed by atoms with Crippen LogP contribution in [0.15, 0.2) is 24.3 Å². The second-order valence-corrected chi connectivity index (χ2v) is 3.65. The Balaban J connectivity index is 2.11. The molecule has 0 aliphatic heterocycles. The number of benzene rings is 1. The summed E-state index contributed by atoms with van der Waals surface area (Å²) in [7, 11) is 3.71. The van der Waals surface area contributed by atoms with Crippen LogP contribution < -0.4 is 10.6 Å². The highest BCUT2D eigenvalue weighted by atomic mass is 15.6. The van der Waals surface area contributed by atoms with Gasteiger partial charge in [0.2, 0.25) is 0 Å². The first-order chi connectivity index (χ1) is 7.65. The Morgan fingerprint density at radius 2 is 2.25 bits per heavy atom. The molecule has 0 saturated heterocycles. The van der Waals surface area contributed by atoms with Crippen LogP contribution in [0.4, 0.5) is 11.4 Å². The SMILES string of the molecule is CN(Cc1nnn(C)n1)c1cccc(N)c1. The number of aromatic nitrogens is 4. The lowest BCUT2D eigenvalue weighted by molar-refractivity contribution is 0.627. The quantitative estimate of drug-likeness (QED) is 0.756. The number of tetrazole rings is 1. The molecule has 16 heavy (non-hydrogen) atoms. The molecule has 2 N–H and O–H groups in total. The Kier molecular flexibility index (Phi) is 2.72. The number of nitrogen functional groups attached to an aromatic ring is 1. The van der Waals surface area contributed by atoms with Crippen molar-refractivity contribution in [3.63, 3.8) is 0 Å². The van der Waals surface area contributed by atoms with Gasteiger partial charge in [0.25, 0.3) is 0 Å². The molecule has 0 amide bonds. The smallest absolute Gasteiger partial charge is 0.193 e. The molecule has 6 heteroatoms. The highest BCUT2D eigenvalue weighted by Crippen LogP contribution is 2.16. The molecule has 2 aromatic rings. The fraction of sp³-hybridized carbons (Fsp3) is 0.300. The van der Waals surface area contributed by atoms with Crippen LogP contribution in [0.2, 0.25) is 0 Å². The summed E-state index contributed by atoms with van der Waals surface area (Å²) >= 11 is 0. The van der Waals surface area contributed by atoms with Gasteiger partial charge >= 0.3 is 0 Å². The summed E-state index contributed by atoms with van der Waals surface area (Å²) in [5.41, 5.74) is 7.50. The van der Waals surface area contributed by atoms with Gasteiger partial charge in [0.05, 0.1) is 13.6 Å². The number of anilines is 2. The molecule has 0 saturated carbocycles. The first-order valence-corrected chi connectivity index (χ1v) is 4.95. The van der Waals surface area contributed by atoms with E-state index < -0.39 is 0 Å². The van der Waals surface area contributed by atoms with E-state index in [-0.39, 0.29) is 0 Å². The maximum Gasteiger partial charge on any atom is 0.193 e. The molecule has 0 spiro atoms. The van der Waals surface area contributed by atoms with Crippen molar-refractivity contribution in [2.45, 2.75) is 6.54 Å². The van der Waals surface area contributed by atoms with Crippen molar-refractivity contribution in [2.75, 3.05) is 17.7 Å². The minimum atomic E-state index is 0.608. The monoisotopic (exact) mass is 218 g/mol. The lowest BCUT2D eigenvalue weighted by atomic mass is 10.2. The molecule has 1 aromatic carbocycles. The third-order valence-electron chi connectivity index (χ3n) is 2.24. The molecule has 0 unspecified atom stereocenters. The number of nitrogens with zero attached hydrogens (tertiary/aromatic N) is 5. The molecular formula is C10H14N6. The van der Waals surface area contributed by atoms with Gasteiger partial charge in [-0.3, -0.25) is 0 Å². The van der Waals surface area contributed by atoms with Gasteiger partial charge in [0.1, 0.15) is 0 Å². The average Bonchev–Trinajstić information content (AvgIpc) is 2.64. The Bertz CT molecular complexity index is 478. The van der Waals surface area contributed by atoms with Gasteiger partial charge in [-0.25, -0.2) is 0 Å². The number of hydrogen-bond acceptors (Lipinski definition) is 5. The van der Waals surface area contributed by atoms with Crippen LogP contribution in [-0.4, -0.2) is 27.3 Å². The lowest BCUT2D eigenvalue weighted by Gasteiger charge is -2.17. The van der Waals surface area contributed by atoms with E-state index in [2.05, 4.69) is 15.4 Å². The predicted molar refractivity (Wildman–Crippen MR) is 61.8 cm³/mol. The topological polar surface area (TPSA) is 72.9 Å². The Hall–Kier alpha value is -2.11. The van der Waals surface area contributed by atoms with Crippen LogP contribution >= 0.6 is 0 Å². The zero-order valence-electron chi connectivity index (χ0n) is 9.33. The second kappa shape index (κ2) is 4.18. The molecule has 84 valence electrons. The van der Waals surface area contributed by atoms with Crippen LogP contribution in [0.5, 0.6) is 0 Å². The fourth-order valence-corrected chi connectivity index (χ4v) is 1.45. The first-order valence-electron chi connectivity index (χ1n) is 4.95. The second-order valence-electron chi connectivity index (χ2n) is 3.65. The van der Waals surface area contributed by atoms with Gasteiger partial charge in [-0.2, -0.15) is 4.80 Å². The van der Waals surface area contributed by atoms with Gasteiger partial charge < -0.3 is 10.6 Å². The highest BCUT2D eigenvalue weighted by molar-refractivity contribution is 5.55. The number of nitrogens with two attached hydrogens (primary N) is 1. The normalized spacial score (nSPS) is 10.4. The van der Waals surface area contributed by atoms with E-state index in [9.17, 15) is 0 Å². The van der Waals surface area contributed by atoms with E-state index in [1.54, 1.807) is 7.05 Å². The third kappa shape index (κ3) is 2.28. The summed E-state index contributed by atoms with van der Waals surface area (Å²) in [5.74, 6) is 0.687. The standard InChI is InChI=1S/C10H14N6/c1-15(7-10-12-14-16(2)13-10)9-5-3-4-8(11)6-9/h3-6H,7,11H2,1-2H3. The summed E-state index contributed by atoms with van der Waals surface area (Å²) in [6, 6.07) is 7.69. The predicted octanol–water partition coefficient (Wildman–Crippen LogP) is 0.429. The molecule has 0 fully saturated rings. The summed E-state index contributed by atoms with van der Waals surface area (Å²) in [6.07, 6.45) is 0. The highest BCUT2D eigenvalue weighted by Gasteiger charge is 2.06. The maximum atomic E-state index is 5.72. The van der Waals surface area contributed by atoms with Gasteiger partial charge in [-0.15, -0.1) is 10.2 Å². The molecule has 1 aromatic heterocycles. The largest absolute Gasteiger partial charge is 0.399 e. The van der Waals surface area contributed by atoms with Crippen molar-refractivity contribution in [3.05, 3.63) is 30.1 Å². The van der Waals surface area contributed by atoms with Crippen molar-refractivity contribution in [1.29, 1.82) is 0 Å². The summed E-state index contributed by atoms with van der Waals surface area (Å²) in [5, 5.41) is 11.8.